The van der Waals surface area contributed by atoms with Gasteiger partial charge in [-0.25, -0.2) is 15.0 Å². The van der Waals surface area contributed by atoms with Gasteiger partial charge in [0.2, 0.25) is 0 Å². The molecular formula is C47H41N11O4. The number of amides is 3. The van der Waals surface area contributed by atoms with Crippen LogP contribution in [0.25, 0.3) is 65.4 Å². The zero-order valence-electron chi connectivity index (χ0n) is 33.7. The van der Waals surface area contributed by atoms with E-state index in [-0.39, 0.29) is 40.3 Å². The molecule has 0 aliphatic rings. The Hall–Kier alpha value is -8.06. The van der Waals surface area contributed by atoms with Crippen LogP contribution in [-0.2, 0) is 0 Å². The number of hydrogen-bond acceptors (Lipinski definition) is 11. The molecule has 0 aliphatic heterocycles. The number of carbonyl (C=O) groups is 3. The Labute approximate surface area is 355 Å². The average Bonchev–Trinajstić information content (AvgIpc) is 3.30. The highest BCUT2D eigenvalue weighted by molar-refractivity contribution is 6.07. The normalized spacial score (nSPS) is 10.9. The monoisotopic (exact) mass is 823 g/mol. The first-order chi connectivity index (χ1) is 29.9. The first-order valence-corrected chi connectivity index (χ1v) is 19.7. The number of hydrogen-bond donors (Lipinski definition) is 3. The van der Waals surface area contributed by atoms with Crippen molar-refractivity contribution in [3.05, 3.63) is 145 Å². The molecule has 0 unspecified atom stereocenters. The molecule has 0 atom stereocenters. The molecule has 5 N–H and O–H groups in total. The average molecular weight is 824 g/mol. The first-order valence-electron chi connectivity index (χ1n) is 19.7. The van der Waals surface area contributed by atoms with Crippen LogP contribution < -0.4 is 16.0 Å². The lowest BCUT2D eigenvalue weighted by Gasteiger charge is -2.23. The standard InChI is InChI=1S/C45H36N10O3.C2H3N.H2O/c56-43(34-16-13-31-10-7-28-4-1-19-46-37(28)40(31)52-34)49-22-25-55(26-23-50-44(57)35-17-14-32-11-8-29-5-2-20-47-38(29)41(32)53-35)27-24-51-45(58)36-18-15-33-12-9-30-6-3-21-48-39(30)42(33)54-36;1-2-3;/h1-21H,22-27H2,(H,49,56)(H,50,57)(H,51,58);1H3;1H2. The number of rotatable bonds is 12. The largest absolute Gasteiger partial charge is 0.412 e. The minimum atomic E-state index is -0.315. The molecule has 0 saturated heterocycles. The Morgan fingerprint density at radius 2 is 0.726 bits per heavy atom. The molecule has 62 heavy (non-hydrogen) atoms. The molecular weight excluding hydrogens is 783 g/mol. The summed E-state index contributed by atoms with van der Waals surface area (Å²) in [4.78, 5) is 69.5. The summed E-state index contributed by atoms with van der Waals surface area (Å²) in [5.74, 6) is -0.944. The van der Waals surface area contributed by atoms with Gasteiger partial charge in [-0.3, -0.25) is 34.2 Å². The number of nitriles is 1. The smallest absolute Gasteiger partial charge is 0.269 e. The molecule has 0 bridgehead atoms. The van der Waals surface area contributed by atoms with Gasteiger partial charge < -0.3 is 21.4 Å². The fourth-order valence-electron chi connectivity index (χ4n) is 7.14. The minimum Gasteiger partial charge on any atom is -0.412 e. The number of fused-ring (bicyclic) bond motifs is 9. The molecule has 15 nitrogen and oxygen atoms in total. The van der Waals surface area contributed by atoms with E-state index in [1.807, 2.05) is 91.0 Å². The SMILES string of the molecule is CC#N.O.O=C(NCCN(CCNC(=O)c1ccc2ccc3cccnc3c2n1)CCNC(=O)c1ccc2ccc3cccnc3c2n1)c1ccc2ccc3cccnc3c2n1. The van der Waals surface area contributed by atoms with Gasteiger partial charge in [-0.05, 0) is 36.4 Å². The van der Waals surface area contributed by atoms with Crippen molar-refractivity contribution in [1.82, 2.24) is 50.8 Å². The van der Waals surface area contributed by atoms with Crippen molar-refractivity contribution in [1.29, 1.82) is 5.26 Å². The minimum absolute atomic E-state index is 0. The molecule has 0 spiro atoms. The van der Waals surface area contributed by atoms with Crippen molar-refractivity contribution in [2.75, 3.05) is 39.3 Å². The lowest BCUT2D eigenvalue weighted by Crippen LogP contribution is -2.43. The van der Waals surface area contributed by atoms with Gasteiger partial charge in [-0.1, -0.05) is 72.8 Å². The zero-order valence-corrected chi connectivity index (χ0v) is 33.7. The van der Waals surface area contributed by atoms with Crippen molar-refractivity contribution < 1.29 is 19.9 Å². The van der Waals surface area contributed by atoms with Crippen molar-refractivity contribution in [3.63, 3.8) is 0 Å². The van der Waals surface area contributed by atoms with Crippen LogP contribution in [0, 0.1) is 11.3 Å². The van der Waals surface area contributed by atoms with Crippen molar-refractivity contribution in [3.8, 4) is 6.07 Å². The molecule has 3 aromatic carbocycles. The topological polar surface area (TPSA) is 223 Å². The van der Waals surface area contributed by atoms with Crippen LogP contribution in [0.5, 0.6) is 0 Å². The summed E-state index contributed by atoms with van der Waals surface area (Å²) >= 11 is 0. The number of nitrogens with one attached hydrogen (secondary N) is 3. The summed E-state index contributed by atoms with van der Waals surface area (Å²) in [6, 6.07) is 35.8. The molecule has 9 rings (SSSR count). The Bertz CT molecular complexity index is 2830. The summed E-state index contributed by atoms with van der Waals surface area (Å²) in [5, 5.41) is 21.8. The molecule has 3 amide bonds. The fourth-order valence-corrected chi connectivity index (χ4v) is 7.14. The van der Waals surface area contributed by atoms with Crippen LogP contribution in [0.3, 0.4) is 0 Å². The maximum absolute atomic E-state index is 13.3. The van der Waals surface area contributed by atoms with Gasteiger partial charge in [0.15, 0.2) is 0 Å². The Morgan fingerprint density at radius 1 is 0.468 bits per heavy atom. The van der Waals surface area contributed by atoms with Crippen LogP contribution in [0.2, 0.25) is 0 Å². The van der Waals surface area contributed by atoms with E-state index in [2.05, 4.69) is 50.8 Å². The van der Waals surface area contributed by atoms with E-state index in [4.69, 9.17) is 5.26 Å². The van der Waals surface area contributed by atoms with E-state index < -0.39 is 0 Å². The second-order valence-electron chi connectivity index (χ2n) is 14.1. The van der Waals surface area contributed by atoms with Crippen molar-refractivity contribution in [2.24, 2.45) is 0 Å². The quantitative estimate of drug-likeness (QED) is 0.129. The lowest BCUT2D eigenvalue weighted by molar-refractivity contribution is 0.0944. The molecule has 15 heteroatoms. The highest BCUT2D eigenvalue weighted by atomic mass is 16.2. The summed E-state index contributed by atoms with van der Waals surface area (Å²) in [5.41, 5.74) is 5.04. The molecule has 0 fully saturated rings. The van der Waals surface area contributed by atoms with Crippen LogP contribution >= 0.6 is 0 Å². The number of pyridine rings is 6. The molecule has 6 aromatic heterocycles. The third kappa shape index (κ3) is 9.21. The second-order valence-corrected chi connectivity index (χ2v) is 14.1. The number of aromatic nitrogens is 6. The highest BCUT2D eigenvalue weighted by Crippen LogP contribution is 2.24. The summed E-state index contributed by atoms with van der Waals surface area (Å²) < 4.78 is 0. The predicted octanol–water partition coefficient (Wildman–Crippen LogP) is 5.57. The third-order valence-corrected chi connectivity index (χ3v) is 10.1. The summed E-state index contributed by atoms with van der Waals surface area (Å²) in [7, 11) is 0. The van der Waals surface area contributed by atoms with Crippen LogP contribution in [0.1, 0.15) is 38.4 Å². The molecule has 0 saturated carbocycles. The van der Waals surface area contributed by atoms with Crippen molar-refractivity contribution >= 4 is 83.1 Å². The van der Waals surface area contributed by atoms with E-state index in [1.165, 1.54) is 6.92 Å². The van der Waals surface area contributed by atoms with E-state index in [0.29, 0.717) is 55.8 Å². The molecule has 0 aliphatic carbocycles. The van der Waals surface area contributed by atoms with Gasteiger partial charge in [-0.15, -0.1) is 0 Å². The van der Waals surface area contributed by atoms with Gasteiger partial charge in [-0.2, -0.15) is 5.26 Å². The lowest BCUT2D eigenvalue weighted by atomic mass is 10.1. The number of nitrogens with zero attached hydrogens (tertiary/aromatic N) is 8. The van der Waals surface area contributed by atoms with Crippen LogP contribution in [0.15, 0.2) is 128 Å². The molecule has 6 heterocycles. The van der Waals surface area contributed by atoms with E-state index in [0.717, 1.165) is 48.9 Å². The Balaban J connectivity index is 0.00000141. The van der Waals surface area contributed by atoms with Gasteiger partial charge in [0.1, 0.15) is 17.1 Å². The van der Waals surface area contributed by atoms with Gasteiger partial charge in [0.25, 0.3) is 17.7 Å². The maximum atomic E-state index is 13.3. The van der Waals surface area contributed by atoms with E-state index in [9.17, 15) is 14.4 Å². The first kappa shape index (κ1) is 42.1. The maximum Gasteiger partial charge on any atom is 0.269 e. The van der Waals surface area contributed by atoms with Crippen LogP contribution in [0.4, 0.5) is 0 Å². The van der Waals surface area contributed by atoms with Gasteiger partial charge >= 0.3 is 0 Å². The number of carbonyl (C=O) groups excluding carboxylic acids is 3. The summed E-state index contributed by atoms with van der Waals surface area (Å²) in [6.45, 7) is 3.64. The summed E-state index contributed by atoms with van der Waals surface area (Å²) in [6.07, 6.45) is 5.14. The molecule has 0 radical (unpaired) electrons. The second kappa shape index (κ2) is 19.3. The Kier molecular flexibility index (Phi) is 13.1. The third-order valence-electron chi connectivity index (χ3n) is 10.1. The fraction of sp³-hybridized carbons (Fsp3) is 0.149. The molecule has 308 valence electrons. The van der Waals surface area contributed by atoms with E-state index in [1.54, 1.807) is 42.9 Å². The van der Waals surface area contributed by atoms with Gasteiger partial charge in [0, 0.05) is 97.1 Å². The Morgan fingerprint density at radius 3 is 1.02 bits per heavy atom. The number of benzene rings is 3. The van der Waals surface area contributed by atoms with E-state index >= 15 is 0 Å². The predicted molar refractivity (Wildman–Crippen MR) is 239 cm³/mol. The van der Waals surface area contributed by atoms with Gasteiger partial charge in [0.05, 0.1) is 39.2 Å². The van der Waals surface area contributed by atoms with Crippen molar-refractivity contribution in [2.45, 2.75) is 6.92 Å². The molecule has 9 aromatic rings. The zero-order chi connectivity index (χ0) is 42.1. The van der Waals surface area contributed by atoms with Crippen LogP contribution in [-0.4, -0.2) is 97.3 Å². The highest BCUT2D eigenvalue weighted by Gasteiger charge is 2.16.